The van der Waals surface area contributed by atoms with E-state index in [-0.39, 0.29) is 5.56 Å². The van der Waals surface area contributed by atoms with Gasteiger partial charge in [-0.3, -0.25) is 9.17 Å². The van der Waals surface area contributed by atoms with Crippen molar-refractivity contribution in [1.29, 1.82) is 0 Å². The first kappa shape index (κ1) is 9.00. The van der Waals surface area contributed by atoms with Crippen LogP contribution in [-0.2, 0) is 0 Å². The number of hydrogen-bond donors (Lipinski definition) is 1. The number of H-pyrrole nitrogens is 1. The van der Waals surface area contributed by atoms with Crippen LogP contribution in [0.15, 0.2) is 10.2 Å². The van der Waals surface area contributed by atoms with Gasteiger partial charge in [0.05, 0.1) is 0 Å². The molecular weight excluding hydrogens is 182 g/mol. The predicted octanol–water partition coefficient (Wildman–Crippen LogP) is 2.73. The molecule has 2 unspecified atom stereocenters. The lowest BCUT2D eigenvalue weighted by Crippen LogP contribution is -2.17. The number of aromatic nitrogens is 1. The van der Waals surface area contributed by atoms with Crippen molar-refractivity contribution in [3.8, 4) is 0 Å². The first-order valence-corrected chi connectivity index (χ1v) is 5.81. The molecule has 0 aliphatic heterocycles. The van der Waals surface area contributed by atoms with Crippen molar-refractivity contribution < 1.29 is 0 Å². The highest BCUT2D eigenvalue weighted by Crippen LogP contribution is 2.34. The summed E-state index contributed by atoms with van der Waals surface area (Å²) in [5, 5.41) is 1.99. The fourth-order valence-electron chi connectivity index (χ4n) is 2.26. The summed E-state index contributed by atoms with van der Waals surface area (Å²) < 4.78 is 2.77. The van der Waals surface area contributed by atoms with E-state index in [4.69, 9.17) is 0 Å². The normalized spacial score (nSPS) is 29.0. The lowest BCUT2D eigenvalue weighted by atomic mass is 9.80. The Morgan fingerprint density at radius 2 is 2.38 bits per heavy atom. The Hall–Kier alpha value is -0.570. The summed E-state index contributed by atoms with van der Waals surface area (Å²) in [6, 6.07) is 0. The molecule has 2 atom stereocenters. The van der Waals surface area contributed by atoms with E-state index in [1.54, 1.807) is 0 Å². The molecule has 0 bridgehead atoms. The van der Waals surface area contributed by atoms with Crippen LogP contribution < -0.4 is 5.56 Å². The lowest BCUT2D eigenvalue weighted by molar-refractivity contribution is 0.343. The molecule has 1 aromatic rings. The summed E-state index contributed by atoms with van der Waals surface area (Å²) in [5.41, 5.74) is 1.17. The fraction of sp³-hybridized carbons (Fsp3) is 0.700. The van der Waals surface area contributed by atoms with Crippen LogP contribution in [0.4, 0.5) is 0 Å². The van der Waals surface area contributed by atoms with E-state index in [2.05, 4.69) is 11.3 Å². The zero-order valence-corrected chi connectivity index (χ0v) is 8.69. The second kappa shape index (κ2) is 3.66. The molecule has 0 radical (unpaired) electrons. The molecule has 72 valence electrons. The van der Waals surface area contributed by atoms with Crippen molar-refractivity contribution in [3.05, 3.63) is 21.3 Å². The maximum absolute atomic E-state index is 11.4. The molecule has 1 aliphatic carbocycles. The van der Waals surface area contributed by atoms with Gasteiger partial charge in [-0.15, -0.1) is 0 Å². The highest BCUT2D eigenvalue weighted by molar-refractivity contribution is 7.03. The van der Waals surface area contributed by atoms with Crippen LogP contribution in [0.3, 0.4) is 0 Å². The van der Waals surface area contributed by atoms with Gasteiger partial charge in [-0.2, -0.15) is 0 Å². The monoisotopic (exact) mass is 197 g/mol. The van der Waals surface area contributed by atoms with Gasteiger partial charge in [-0.05, 0) is 24.7 Å². The summed E-state index contributed by atoms with van der Waals surface area (Å²) in [6.07, 6.45) is 5.00. The average Bonchev–Trinajstić information content (AvgIpc) is 2.51. The summed E-state index contributed by atoms with van der Waals surface area (Å²) in [6.45, 7) is 2.28. The van der Waals surface area contributed by atoms with Gasteiger partial charge in [0.2, 0.25) is 0 Å². The van der Waals surface area contributed by atoms with Crippen LogP contribution in [0.2, 0.25) is 0 Å². The molecule has 1 heterocycles. The summed E-state index contributed by atoms with van der Waals surface area (Å²) in [7, 11) is 0. The van der Waals surface area contributed by atoms with Crippen molar-refractivity contribution in [1.82, 2.24) is 4.37 Å². The smallest absolute Gasteiger partial charge is 0.261 e. The van der Waals surface area contributed by atoms with Crippen LogP contribution in [-0.4, -0.2) is 4.37 Å². The predicted molar refractivity (Wildman–Crippen MR) is 55.3 cm³/mol. The van der Waals surface area contributed by atoms with Crippen LogP contribution in [0.5, 0.6) is 0 Å². The minimum Gasteiger partial charge on any atom is -0.278 e. The van der Waals surface area contributed by atoms with E-state index < -0.39 is 0 Å². The molecule has 13 heavy (non-hydrogen) atoms. The Kier molecular flexibility index (Phi) is 2.54. The Labute approximate surface area is 82.1 Å². The number of nitrogens with one attached hydrogen (secondary N) is 1. The minimum absolute atomic E-state index is 0.143. The molecule has 1 saturated carbocycles. The molecule has 0 saturated heterocycles. The molecule has 0 spiro atoms. The Bertz CT molecular complexity index is 328. The van der Waals surface area contributed by atoms with E-state index in [1.165, 1.54) is 37.2 Å². The zero-order chi connectivity index (χ0) is 9.26. The van der Waals surface area contributed by atoms with E-state index in [0.29, 0.717) is 5.92 Å². The Morgan fingerprint density at radius 3 is 3.00 bits per heavy atom. The van der Waals surface area contributed by atoms with Gasteiger partial charge < -0.3 is 0 Å². The van der Waals surface area contributed by atoms with Crippen molar-refractivity contribution in [2.45, 2.75) is 38.5 Å². The highest BCUT2D eigenvalue weighted by atomic mass is 32.1. The Morgan fingerprint density at radius 1 is 1.54 bits per heavy atom. The average molecular weight is 197 g/mol. The third kappa shape index (κ3) is 1.85. The first-order chi connectivity index (χ1) is 6.27. The molecule has 2 nitrogen and oxygen atoms in total. The quantitative estimate of drug-likeness (QED) is 0.737. The SMILES string of the molecule is CC1CCCC(c2cs[nH]c2=O)C1. The second-order valence-corrected chi connectivity index (χ2v) is 4.77. The molecule has 1 N–H and O–H groups in total. The maximum atomic E-state index is 11.4. The first-order valence-electron chi connectivity index (χ1n) is 4.93. The number of rotatable bonds is 1. The summed E-state index contributed by atoms with van der Waals surface area (Å²) in [4.78, 5) is 11.4. The van der Waals surface area contributed by atoms with Gasteiger partial charge in [0.25, 0.3) is 5.56 Å². The highest BCUT2D eigenvalue weighted by Gasteiger charge is 2.22. The molecule has 1 aliphatic rings. The van der Waals surface area contributed by atoms with Crippen LogP contribution >= 0.6 is 11.5 Å². The summed E-state index contributed by atoms with van der Waals surface area (Å²) >= 11 is 1.42. The third-order valence-electron chi connectivity index (χ3n) is 2.98. The van der Waals surface area contributed by atoms with Gasteiger partial charge in [0.15, 0.2) is 0 Å². The molecule has 3 heteroatoms. The van der Waals surface area contributed by atoms with Gasteiger partial charge in [0.1, 0.15) is 0 Å². The molecule has 2 rings (SSSR count). The van der Waals surface area contributed by atoms with Crippen LogP contribution in [0.25, 0.3) is 0 Å². The van der Waals surface area contributed by atoms with Gasteiger partial charge in [-0.1, -0.05) is 31.3 Å². The minimum atomic E-state index is 0.143. The molecular formula is C10H15NOS. The van der Waals surface area contributed by atoms with Gasteiger partial charge in [-0.25, -0.2) is 0 Å². The molecule has 1 fully saturated rings. The third-order valence-corrected chi connectivity index (χ3v) is 3.65. The standard InChI is InChI=1S/C10H15NOS/c1-7-3-2-4-8(5-7)9-6-13-11-10(9)12/h6-8H,2-5H2,1H3,(H,11,12). The van der Waals surface area contributed by atoms with Crippen molar-refractivity contribution in [2.24, 2.45) is 5.92 Å². The van der Waals surface area contributed by atoms with Gasteiger partial charge in [0, 0.05) is 10.9 Å². The zero-order valence-electron chi connectivity index (χ0n) is 7.88. The van der Waals surface area contributed by atoms with E-state index in [9.17, 15) is 4.79 Å². The van der Waals surface area contributed by atoms with Crippen LogP contribution in [0, 0.1) is 5.92 Å². The van der Waals surface area contributed by atoms with E-state index >= 15 is 0 Å². The fourth-order valence-corrected chi connectivity index (χ4v) is 2.97. The summed E-state index contributed by atoms with van der Waals surface area (Å²) in [5.74, 6) is 1.32. The largest absolute Gasteiger partial charge is 0.278 e. The van der Waals surface area contributed by atoms with Crippen molar-refractivity contribution in [2.75, 3.05) is 0 Å². The number of aromatic amines is 1. The Balaban J connectivity index is 2.17. The van der Waals surface area contributed by atoms with Crippen LogP contribution in [0.1, 0.15) is 44.1 Å². The van der Waals surface area contributed by atoms with Crippen molar-refractivity contribution >= 4 is 11.5 Å². The number of hydrogen-bond acceptors (Lipinski definition) is 2. The molecule has 0 aromatic carbocycles. The second-order valence-electron chi connectivity index (χ2n) is 4.09. The molecule has 0 amide bonds. The van der Waals surface area contributed by atoms with E-state index in [1.807, 2.05) is 5.38 Å². The maximum Gasteiger partial charge on any atom is 0.261 e. The lowest BCUT2D eigenvalue weighted by Gasteiger charge is -2.25. The topological polar surface area (TPSA) is 32.9 Å². The molecule has 1 aromatic heterocycles. The van der Waals surface area contributed by atoms with Gasteiger partial charge >= 0.3 is 0 Å². The van der Waals surface area contributed by atoms with Crippen molar-refractivity contribution in [3.63, 3.8) is 0 Å². The van der Waals surface area contributed by atoms with E-state index in [0.717, 1.165) is 11.5 Å².